The van der Waals surface area contributed by atoms with Gasteiger partial charge in [0.05, 0.1) is 16.8 Å². The van der Waals surface area contributed by atoms with Gasteiger partial charge < -0.3 is 14.5 Å². The predicted octanol–water partition coefficient (Wildman–Crippen LogP) is 4.55. The fraction of sp³-hybridized carbons (Fsp3) is 0.500. The molecule has 28 heavy (non-hydrogen) atoms. The van der Waals surface area contributed by atoms with Gasteiger partial charge in [-0.05, 0) is 71.7 Å². The maximum Gasteiger partial charge on any atom is 0.410 e. The molecule has 1 unspecified atom stereocenters. The molecule has 2 aliphatic heterocycles. The Bertz CT molecular complexity index is 880. The van der Waals surface area contributed by atoms with E-state index in [-0.39, 0.29) is 6.09 Å². The van der Waals surface area contributed by atoms with E-state index >= 15 is 0 Å². The zero-order chi connectivity index (χ0) is 20.7. The lowest BCUT2D eigenvalue weighted by molar-refractivity contribution is 0.0150. The Kier molecular flexibility index (Phi) is 5.11. The Labute approximate surface area is 165 Å². The van der Waals surface area contributed by atoms with Gasteiger partial charge in [0.25, 0.3) is 0 Å². The molecule has 5 nitrogen and oxygen atoms in total. The van der Waals surface area contributed by atoms with Crippen LogP contribution >= 0.6 is 0 Å². The van der Waals surface area contributed by atoms with E-state index in [1.165, 1.54) is 12.1 Å². The normalized spacial score (nSPS) is 22.4. The summed E-state index contributed by atoms with van der Waals surface area (Å²) >= 11 is 0. The van der Waals surface area contributed by atoms with Gasteiger partial charge in [0.2, 0.25) is 0 Å². The third-order valence-corrected chi connectivity index (χ3v) is 5.17. The van der Waals surface area contributed by atoms with Crippen LogP contribution in [0, 0.1) is 5.82 Å². The number of rotatable bonds is 1. The van der Waals surface area contributed by atoms with E-state index in [1.807, 2.05) is 33.6 Å². The van der Waals surface area contributed by atoms with Crippen LogP contribution in [0.3, 0.4) is 0 Å². The van der Waals surface area contributed by atoms with Gasteiger partial charge in [-0.1, -0.05) is 0 Å². The maximum absolute atomic E-state index is 13.8. The van der Waals surface area contributed by atoms with E-state index in [4.69, 9.17) is 4.74 Å². The van der Waals surface area contributed by atoms with Gasteiger partial charge in [0, 0.05) is 24.4 Å². The lowest BCUT2D eigenvalue weighted by Gasteiger charge is -2.50. The molecule has 6 heteroatoms. The molecule has 1 fully saturated rings. The molecular formula is C22H27FN2O3. The molecule has 0 radical (unpaired) electrons. The topological polar surface area (TPSA) is 49.9 Å². The van der Waals surface area contributed by atoms with Crippen LogP contribution in [0.15, 0.2) is 30.0 Å². The SMILES string of the molecule is CC1=CC(=C=O)c2cc(F)ccc2N1C1(C)CCCN(C(=O)OC(C)(C)C)C1. The molecule has 0 saturated carbocycles. The highest BCUT2D eigenvalue weighted by Gasteiger charge is 2.42. The van der Waals surface area contributed by atoms with Gasteiger partial charge in [0.15, 0.2) is 0 Å². The highest BCUT2D eigenvalue weighted by Crippen LogP contribution is 2.42. The number of halogens is 1. The number of fused-ring (bicyclic) bond motifs is 1. The Morgan fingerprint density at radius 2 is 2.04 bits per heavy atom. The Morgan fingerprint density at radius 1 is 1.32 bits per heavy atom. The number of nitrogens with zero attached hydrogens (tertiary/aromatic N) is 2. The number of hydrogen-bond acceptors (Lipinski definition) is 4. The Hall–Kier alpha value is -2.59. The Morgan fingerprint density at radius 3 is 2.68 bits per heavy atom. The van der Waals surface area contributed by atoms with Crippen molar-refractivity contribution in [2.75, 3.05) is 18.0 Å². The first-order chi connectivity index (χ1) is 13.0. The van der Waals surface area contributed by atoms with Gasteiger partial charge in [0.1, 0.15) is 17.4 Å². The predicted molar refractivity (Wildman–Crippen MR) is 107 cm³/mol. The van der Waals surface area contributed by atoms with Crippen molar-refractivity contribution < 1.29 is 18.7 Å². The average molecular weight is 386 g/mol. The molecule has 1 saturated heterocycles. The Balaban J connectivity index is 1.97. The molecule has 1 aromatic carbocycles. The molecule has 3 rings (SSSR count). The molecule has 0 spiro atoms. The first kappa shape index (κ1) is 20.2. The zero-order valence-corrected chi connectivity index (χ0v) is 17.1. The molecule has 150 valence electrons. The van der Waals surface area contributed by atoms with Crippen LogP contribution in [0.1, 0.15) is 53.0 Å². The number of allylic oxidation sites excluding steroid dienone is 3. The van der Waals surface area contributed by atoms with Crippen molar-refractivity contribution in [1.82, 2.24) is 4.90 Å². The van der Waals surface area contributed by atoms with Crippen LogP contribution in [0.4, 0.5) is 14.9 Å². The van der Waals surface area contributed by atoms with Crippen molar-refractivity contribution in [3.05, 3.63) is 41.4 Å². The molecule has 0 aromatic heterocycles. The summed E-state index contributed by atoms with van der Waals surface area (Å²) in [5.74, 6) is 1.52. The second-order valence-electron chi connectivity index (χ2n) is 8.80. The number of amides is 1. The summed E-state index contributed by atoms with van der Waals surface area (Å²) in [6, 6.07) is 4.45. The van der Waals surface area contributed by atoms with E-state index < -0.39 is 17.0 Å². The maximum atomic E-state index is 13.8. The number of anilines is 1. The van der Waals surface area contributed by atoms with Crippen molar-refractivity contribution in [1.29, 1.82) is 0 Å². The summed E-state index contributed by atoms with van der Waals surface area (Å²) in [7, 11) is 0. The van der Waals surface area contributed by atoms with Gasteiger partial charge in [-0.25, -0.2) is 14.0 Å². The number of piperidine rings is 1. The number of carbonyl (C=O) groups excluding carboxylic acids is 2. The van der Waals surface area contributed by atoms with Gasteiger partial charge in [-0.2, -0.15) is 0 Å². The van der Waals surface area contributed by atoms with E-state index in [2.05, 4.69) is 11.8 Å². The van der Waals surface area contributed by atoms with Crippen LogP contribution in [0.25, 0.3) is 5.57 Å². The highest BCUT2D eigenvalue weighted by atomic mass is 19.1. The van der Waals surface area contributed by atoms with Crippen molar-refractivity contribution in [3.63, 3.8) is 0 Å². The van der Waals surface area contributed by atoms with Gasteiger partial charge >= 0.3 is 6.09 Å². The summed E-state index contributed by atoms with van der Waals surface area (Å²) < 4.78 is 19.4. The number of hydrogen-bond donors (Lipinski definition) is 0. The molecule has 0 bridgehead atoms. The van der Waals surface area contributed by atoms with Crippen molar-refractivity contribution >= 4 is 23.3 Å². The lowest BCUT2D eigenvalue weighted by atomic mass is 9.85. The largest absolute Gasteiger partial charge is 0.444 e. The van der Waals surface area contributed by atoms with E-state index in [0.717, 1.165) is 24.2 Å². The third kappa shape index (κ3) is 3.83. The highest BCUT2D eigenvalue weighted by molar-refractivity contribution is 6.00. The zero-order valence-electron chi connectivity index (χ0n) is 17.1. The van der Waals surface area contributed by atoms with Crippen LogP contribution in [0.5, 0.6) is 0 Å². The van der Waals surface area contributed by atoms with E-state index in [0.29, 0.717) is 24.2 Å². The van der Waals surface area contributed by atoms with Crippen molar-refractivity contribution in [2.24, 2.45) is 0 Å². The number of likely N-dealkylation sites (tertiary alicyclic amines) is 1. The quantitative estimate of drug-likeness (QED) is 0.664. The lowest BCUT2D eigenvalue weighted by Crippen LogP contribution is -2.58. The fourth-order valence-corrected chi connectivity index (χ4v) is 4.15. The monoisotopic (exact) mass is 386 g/mol. The minimum Gasteiger partial charge on any atom is -0.444 e. The standard InChI is InChI=1S/C22H27FN2O3/c1-15-11-16(13-26)18-12-17(23)7-8-19(18)25(15)22(5)9-6-10-24(14-22)20(27)28-21(2,3)4/h7-8,11-12H,6,9-10,14H2,1-5H3. The summed E-state index contributed by atoms with van der Waals surface area (Å²) in [6.45, 7) is 10.7. The molecule has 2 heterocycles. The summed E-state index contributed by atoms with van der Waals surface area (Å²) in [6.07, 6.45) is 3.08. The summed E-state index contributed by atoms with van der Waals surface area (Å²) in [5, 5.41) is 0. The van der Waals surface area contributed by atoms with E-state index in [1.54, 1.807) is 17.0 Å². The second-order valence-corrected chi connectivity index (χ2v) is 8.80. The average Bonchev–Trinajstić information content (AvgIpc) is 2.59. The number of benzene rings is 1. The smallest absolute Gasteiger partial charge is 0.410 e. The second kappa shape index (κ2) is 7.10. The first-order valence-electron chi connectivity index (χ1n) is 9.55. The molecule has 0 N–H and O–H groups in total. The van der Waals surface area contributed by atoms with E-state index in [9.17, 15) is 14.0 Å². The van der Waals surface area contributed by atoms with Crippen LogP contribution in [-0.2, 0) is 9.53 Å². The van der Waals surface area contributed by atoms with Gasteiger partial charge in [-0.15, -0.1) is 0 Å². The minimum absolute atomic E-state index is 0.329. The van der Waals surface area contributed by atoms with Crippen molar-refractivity contribution in [3.8, 4) is 0 Å². The fourth-order valence-electron chi connectivity index (χ4n) is 4.15. The minimum atomic E-state index is -0.556. The van der Waals surface area contributed by atoms with Crippen LogP contribution in [0.2, 0.25) is 0 Å². The molecule has 2 aliphatic rings. The molecule has 1 amide bonds. The summed E-state index contributed by atoms with van der Waals surface area (Å²) in [4.78, 5) is 27.9. The van der Waals surface area contributed by atoms with Crippen LogP contribution in [-0.4, -0.2) is 41.2 Å². The van der Waals surface area contributed by atoms with Gasteiger partial charge in [-0.3, -0.25) is 0 Å². The number of carbonyl (C=O) groups is 1. The molecule has 1 aromatic rings. The number of ether oxygens (including phenoxy) is 1. The first-order valence-corrected chi connectivity index (χ1v) is 9.55. The molecular weight excluding hydrogens is 359 g/mol. The van der Waals surface area contributed by atoms with Crippen LogP contribution < -0.4 is 4.90 Å². The molecule has 1 atom stereocenters. The van der Waals surface area contributed by atoms with Crippen molar-refractivity contribution in [2.45, 2.75) is 58.6 Å². The molecule has 0 aliphatic carbocycles. The summed E-state index contributed by atoms with van der Waals surface area (Å²) in [5.41, 5.74) is 1.53. The third-order valence-electron chi connectivity index (χ3n) is 5.17.